The maximum absolute atomic E-state index is 1.62. The fourth-order valence-corrected chi connectivity index (χ4v) is 4.23. The van der Waals surface area contributed by atoms with Gasteiger partial charge >= 0.3 is 0 Å². The van der Waals surface area contributed by atoms with E-state index in [9.17, 15) is 0 Å². The maximum Gasteiger partial charge on any atom is -0.0355 e. The molecule has 0 saturated heterocycles. The van der Waals surface area contributed by atoms with Crippen LogP contribution in [-0.4, -0.2) is 0 Å². The lowest BCUT2D eigenvalue weighted by molar-refractivity contribution is 0.334. The van der Waals surface area contributed by atoms with Gasteiger partial charge in [-0.3, -0.25) is 0 Å². The molecule has 0 heterocycles. The highest BCUT2D eigenvalue weighted by Crippen LogP contribution is 2.56. The van der Waals surface area contributed by atoms with Gasteiger partial charge in [-0.25, -0.2) is 0 Å². The second-order valence-corrected chi connectivity index (χ2v) is 4.95. The lowest BCUT2D eigenvalue weighted by Crippen LogP contribution is -2.08. The van der Waals surface area contributed by atoms with Crippen molar-refractivity contribution < 1.29 is 0 Å². The SMILES string of the molecule is C1CC2CC3CCCC3C2C1. The van der Waals surface area contributed by atoms with Gasteiger partial charge in [0.05, 0.1) is 0 Å². The molecule has 3 fully saturated rings. The van der Waals surface area contributed by atoms with Crippen LogP contribution < -0.4 is 0 Å². The van der Waals surface area contributed by atoms with Crippen molar-refractivity contribution in [3.8, 4) is 0 Å². The van der Waals surface area contributed by atoms with E-state index < -0.39 is 0 Å². The van der Waals surface area contributed by atoms with Gasteiger partial charge in [0.15, 0.2) is 0 Å². The van der Waals surface area contributed by atoms with E-state index in [0.29, 0.717) is 0 Å². The van der Waals surface area contributed by atoms with E-state index in [-0.39, 0.29) is 0 Å². The monoisotopic (exact) mass is 150 g/mol. The molecule has 4 unspecified atom stereocenters. The number of hydrogen-bond acceptors (Lipinski definition) is 0. The summed E-state index contributed by atoms with van der Waals surface area (Å²) in [6, 6.07) is 0. The molecule has 3 aliphatic rings. The highest BCUT2D eigenvalue weighted by molar-refractivity contribution is 4.96. The van der Waals surface area contributed by atoms with E-state index >= 15 is 0 Å². The van der Waals surface area contributed by atoms with Gasteiger partial charge < -0.3 is 0 Å². The smallest absolute Gasteiger partial charge is 0.0355 e. The summed E-state index contributed by atoms with van der Waals surface area (Å²) in [5.41, 5.74) is 0. The molecule has 0 aliphatic heterocycles. The van der Waals surface area contributed by atoms with Crippen molar-refractivity contribution in [3.05, 3.63) is 0 Å². The molecule has 0 aromatic carbocycles. The quantitative estimate of drug-likeness (QED) is 0.497. The van der Waals surface area contributed by atoms with Gasteiger partial charge in [0.1, 0.15) is 0 Å². The molecule has 3 rings (SSSR count). The van der Waals surface area contributed by atoms with E-state index in [1.54, 1.807) is 44.9 Å². The van der Waals surface area contributed by atoms with Crippen molar-refractivity contribution in [2.45, 2.75) is 44.9 Å². The first-order valence-electron chi connectivity index (χ1n) is 5.45. The van der Waals surface area contributed by atoms with E-state index in [4.69, 9.17) is 0 Å². The molecule has 11 heavy (non-hydrogen) atoms. The fraction of sp³-hybridized carbons (Fsp3) is 1.00. The predicted molar refractivity (Wildman–Crippen MR) is 46.3 cm³/mol. The Hall–Kier alpha value is 0. The molecule has 3 aliphatic carbocycles. The van der Waals surface area contributed by atoms with Gasteiger partial charge in [-0.1, -0.05) is 25.7 Å². The third-order valence-corrected chi connectivity index (χ3v) is 4.59. The van der Waals surface area contributed by atoms with Crippen LogP contribution in [0, 0.1) is 23.7 Å². The zero-order chi connectivity index (χ0) is 7.26. The molecule has 0 spiro atoms. The summed E-state index contributed by atoms with van der Waals surface area (Å²) >= 11 is 0. The number of hydrogen-bond donors (Lipinski definition) is 0. The first-order valence-corrected chi connectivity index (χ1v) is 5.45. The largest absolute Gasteiger partial charge is 0.0527 e. The molecule has 4 atom stereocenters. The van der Waals surface area contributed by atoms with Crippen LogP contribution >= 0.6 is 0 Å². The third-order valence-electron chi connectivity index (χ3n) is 4.59. The first-order chi connectivity index (χ1) is 5.45. The molecule has 0 bridgehead atoms. The Morgan fingerprint density at radius 3 is 1.73 bits per heavy atom. The number of fused-ring (bicyclic) bond motifs is 3. The second kappa shape index (κ2) is 2.24. The molecule has 0 heteroatoms. The van der Waals surface area contributed by atoms with Gasteiger partial charge in [0.2, 0.25) is 0 Å². The zero-order valence-electron chi connectivity index (χ0n) is 7.26. The average Bonchev–Trinajstić information content (AvgIpc) is 2.52. The highest BCUT2D eigenvalue weighted by Gasteiger charge is 2.46. The summed E-state index contributed by atoms with van der Waals surface area (Å²) in [5.74, 6) is 4.76. The topological polar surface area (TPSA) is 0 Å². The molecule has 3 saturated carbocycles. The van der Waals surface area contributed by atoms with Crippen LogP contribution in [0.1, 0.15) is 44.9 Å². The van der Waals surface area contributed by atoms with Crippen LogP contribution in [0.2, 0.25) is 0 Å². The summed E-state index contributed by atoms with van der Waals surface area (Å²) in [5, 5.41) is 0. The molecule has 0 amide bonds. The molecular weight excluding hydrogens is 132 g/mol. The summed E-state index contributed by atoms with van der Waals surface area (Å²) in [4.78, 5) is 0. The van der Waals surface area contributed by atoms with Crippen LogP contribution in [0.15, 0.2) is 0 Å². The van der Waals surface area contributed by atoms with Crippen LogP contribution in [0.5, 0.6) is 0 Å². The normalized spacial score (nSPS) is 54.5. The van der Waals surface area contributed by atoms with Crippen LogP contribution in [-0.2, 0) is 0 Å². The predicted octanol–water partition coefficient (Wildman–Crippen LogP) is 3.22. The van der Waals surface area contributed by atoms with Gasteiger partial charge in [-0.05, 0) is 42.9 Å². The maximum atomic E-state index is 1.62. The Bertz CT molecular complexity index is 143. The van der Waals surface area contributed by atoms with Gasteiger partial charge in [-0.15, -0.1) is 0 Å². The third kappa shape index (κ3) is 0.816. The lowest BCUT2D eigenvalue weighted by atomic mass is 9.90. The molecule has 0 radical (unpaired) electrons. The van der Waals surface area contributed by atoms with Gasteiger partial charge in [-0.2, -0.15) is 0 Å². The molecule has 0 nitrogen and oxygen atoms in total. The summed E-state index contributed by atoms with van der Waals surface area (Å²) < 4.78 is 0. The summed E-state index contributed by atoms with van der Waals surface area (Å²) in [6.07, 6.45) is 11.1. The minimum absolute atomic E-state index is 1.19. The van der Waals surface area contributed by atoms with Crippen molar-refractivity contribution in [3.63, 3.8) is 0 Å². The van der Waals surface area contributed by atoms with E-state index in [1.165, 1.54) is 23.7 Å². The Morgan fingerprint density at radius 1 is 0.636 bits per heavy atom. The Morgan fingerprint density at radius 2 is 1.18 bits per heavy atom. The summed E-state index contributed by atoms with van der Waals surface area (Å²) in [7, 11) is 0. The minimum Gasteiger partial charge on any atom is -0.0527 e. The molecule has 0 N–H and O–H groups in total. The Balaban J connectivity index is 1.84. The number of rotatable bonds is 0. The van der Waals surface area contributed by atoms with Gasteiger partial charge in [0, 0.05) is 0 Å². The van der Waals surface area contributed by atoms with Crippen molar-refractivity contribution in [2.24, 2.45) is 23.7 Å². The minimum atomic E-state index is 1.19. The van der Waals surface area contributed by atoms with E-state index in [0.717, 1.165) is 0 Å². The van der Waals surface area contributed by atoms with Crippen molar-refractivity contribution in [1.82, 2.24) is 0 Å². The average molecular weight is 150 g/mol. The highest BCUT2D eigenvalue weighted by atomic mass is 14.5. The van der Waals surface area contributed by atoms with E-state index in [2.05, 4.69) is 0 Å². The van der Waals surface area contributed by atoms with Crippen LogP contribution in [0.4, 0.5) is 0 Å². The van der Waals surface area contributed by atoms with Crippen molar-refractivity contribution in [1.29, 1.82) is 0 Å². The standard InChI is InChI=1S/C11H18/c1-3-8-7-9-4-2-6-11(9)10(8)5-1/h8-11H,1-7H2. The first kappa shape index (κ1) is 6.51. The molecular formula is C11H18. The Kier molecular flexibility index (Phi) is 1.33. The summed E-state index contributed by atoms with van der Waals surface area (Å²) in [6.45, 7) is 0. The zero-order valence-corrected chi connectivity index (χ0v) is 7.26. The van der Waals surface area contributed by atoms with Crippen molar-refractivity contribution >= 4 is 0 Å². The second-order valence-electron chi connectivity index (χ2n) is 4.95. The van der Waals surface area contributed by atoms with Crippen LogP contribution in [0.3, 0.4) is 0 Å². The fourth-order valence-electron chi connectivity index (χ4n) is 4.23. The van der Waals surface area contributed by atoms with Crippen molar-refractivity contribution in [2.75, 3.05) is 0 Å². The molecule has 0 aromatic heterocycles. The molecule has 62 valence electrons. The van der Waals surface area contributed by atoms with E-state index in [1.807, 2.05) is 0 Å². The van der Waals surface area contributed by atoms with Crippen LogP contribution in [0.25, 0.3) is 0 Å². The molecule has 0 aromatic rings. The van der Waals surface area contributed by atoms with Gasteiger partial charge in [0.25, 0.3) is 0 Å². The Labute approximate surface area is 69.4 Å². The lowest BCUT2D eigenvalue weighted by Gasteiger charge is -2.15.